The molecule has 0 amide bonds. The minimum Gasteiger partial charge on any atom is -0.362 e. The summed E-state index contributed by atoms with van der Waals surface area (Å²) in [6, 6.07) is 16.4. The van der Waals surface area contributed by atoms with Crippen LogP contribution in [0.25, 0.3) is 0 Å². The number of thiocarbonyl (C=S) groups is 1. The molecule has 0 bridgehead atoms. The summed E-state index contributed by atoms with van der Waals surface area (Å²) in [7, 11) is 0. The van der Waals surface area contributed by atoms with Gasteiger partial charge in [-0.1, -0.05) is 50.3 Å². The van der Waals surface area contributed by atoms with Gasteiger partial charge in [-0.2, -0.15) is 0 Å². The van der Waals surface area contributed by atoms with Gasteiger partial charge in [0.15, 0.2) is 0 Å². The zero-order chi connectivity index (χ0) is 16.7. The van der Waals surface area contributed by atoms with E-state index in [1.54, 1.807) is 0 Å². The van der Waals surface area contributed by atoms with Crippen LogP contribution in [0.1, 0.15) is 32.4 Å². The van der Waals surface area contributed by atoms with Crippen molar-refractivity contribution in [3.8, 4) is 0 Å². The highest BCUT2D eigenvalue weighted by molar-refractivity contribution is 7.80. The predicted octanol–water partition coefficient (Wildman–Crippen LogP) is 4.22. The summed E-state index contributed by atoms with van der Waals surface area (Å²) in [6.07, 6.45) is 1.83. The van der Waals surface area contributed by atoms with Crippen LogP contribution < -0.4 is 10.2 Å². The van der Waals surface area contributed by atoms with Gasteiger partial charge < -0.3 is 10.2 Å². The second-order valence-electron chi connectivity index (χ2n) is 5.87. The van der Waals surface area contributed by atoms with Crippen molar-refractivity contribution in [1.82, 2.24) is 10.3 Å². The largest absolute Gasteiger partial charge is 0.362 e. The van der Waals surface area contributed by atoms with Gasteiger partial charge in [-0.25, -0.2) is 0 Å². The van der Waals surface area contributed by atoms with Gasteiger partial charge in [0.05, 0.1) is 23.3 Å². The van der Waals surface area contributed by atoms with Crippen LogP contribution in [0.15, 0.2) is 54.7 Å². The van der Waals surface area contributed by atoms with Gasteiger partial charge in [-0.15, -0.1) is 0 Å². The van der Waals surface area contributed by atoms with E-state index in [9.17, 15) is 0 Å². The topological polar surface area (TPSA) is 28.2 Å². The summed E-state index contributed by atoms with van der Waals surface area (Å²) >= 11 is 5.67. The van der Waals surface area contributed by atoms with E-state index in [1.165, 1.54) is 5.69 Å². The molecule has 0 spiro atoms. The number of nitrogens with zero attached hydrogens (tertiary/aromatic N) is 2. The number of benzene rings is 1. The first-order valence-electron chi connectivity index (χ1n) is 8.12. The number of nitrogens with one attached hydrogen (secondary N) is 1. The maximum Gasteiger partial charge on any atom is 0.0880 e. The Hall–Kier alpha value is -1.94. The first-order chi connectivity index (χ1) is 11.1. The van der Waals surface area contributed by atoms with Crippen molar-refractivity contribution >= 4 is 22.9 Å². The molecule has 0 radical (unpaired) electrons. The molecule has 1 N–H and O–H groups in total. The molecule has 3 nitrogen and oxygen atoms in total. The number of para-hydroxylation sites is 1. The van der Waals surface area contributed by atoms with E-state index in [2.05, 4.69) is 60.2 Å². The molecule has 2 aromatic rings. The summed E-state index contributed by atoms with van der Waals surface area (Å²) in [5.41, 5.74) is 2.23. The van der Waals surface area contributed by atoms with Crippen LogP contribution in [0, 0.1) is 5.92 Å². The zero-order valence-corrected chi connectivity index (χ0v) is 14.9. The third-order valence-corrected chi connectivity index (χ3v) is 4.30. The van der Waals surface area contributed by atoms with Crippen molar-refractivity contribution in [2.75, 3.05) is 18.1 Å². The molecule has 122 valence electrons. The minimum absolute atomic E-state index is 0.140. The summed E-state index contributed by atoms with van der Waals surface area (Å²) in [6.45, 7) is 8.14. The van der Waals surface area contributed by atoms with Crippen molar-refractivity contribution in [3.63, 3.8) is 0 Å². The van der Waals surface area contributed by atoms with Crippen molar-refractivity contribution in [1.29, 1.82) is 0 Å². The van der Waals surface area contributed by atoms with Gasteiger partial charge in [-0.05, 0) is 37.1 Å². The van der Waals surface area contributed by atoms with Gasteiger partial charge in [0, 0.05) is 18.4 Å². The van der Waals surface area contributed by atoms with Crippen molar-refractivity contribution in [2.24, 2.45) is 5.92 Å². The van der Waals surface area contributed by atoms with E-state index in [0.29, 0.717) is 12.6 Å². The molecular weight excluding hydrogens is 302 g/mol. The molecule has 0 aliphatic heterocycles. The Morgan fingerprint density at radius 2 is 1.83 bits per heavy atom. The highest BCUT2D eigenvalue weighted by Crippen LogP contribution is 2.23. The smallest absolute Gasteiger partial charge is 0.0880 e. The lowest BCUT2D eigenvalue weighted by Crippen LogP contribution is -2.40. The van der Waals surface area contributed by atoms with Gasteiger partial charge >= 0.3 is 0 Å². The monoisotopic (exact) mass is 327 g/mol. The van der Waals surface area contributed by atoms with Crippen molar-refractivity contribution in [3.05, 3.63) is 60.4 Å². The minimum atomic E-state index is 0.140. The first-order valence-corrected chi connectivity index (χ1v) is 8.53. The van der Waals surface area contributed by atoms with Crippen LogP contribution in [0.3, 0.4) is 0 Å². The van der Waals surface area contributed by atoms with E-state index in [4.69, 9.17) is 12.2 Å². The van der Waals surface area contributed by atoms with Crippen LogP contribution in [0.5, 0.6) is 0 Å². The molecule has 23 heavy (non-hydrogen) atoms. The zero-order valence-electron chi connectivity index (χ0n) is 14.1. The second kappa shape index (κ2) is 8.63. The fraction of sp³-hybridized carbons (Fsp3) is 0.368. The van der Waals surface area contributed by atoms with Gasteiger partial charge in [-0.3, -0.25) is 4.98 Å². The summed E-state index contributed by atoms with van der Waals surface area (Å²) < 4.78 is 0. The molecule has 0 aliphatic carbocycles. The molecule has 0 saturated carbocycles. The Bertz CT molecular complexity index is 599. The van der Waals surface area contributed by atoms with Crippen LogP contribution >= 0.6 is 12.2 Å². The van der Waals surface area contributed by atoms with Gasteiger partial charge in [0.1, 0.15) is 0 Å². The Labute approximate surface area is 144 Å². The maximum absolute atomic E-state index is 5.67. The third-order valence-electron chi connectivity index (χ3n) is 3.90. The van der Waals surface area contributed by atoms with E-state index in [1.807, 2.05) is 30.5 Å². The highest BCUT2D eigenvalue weighted by Gasteiger charge is 2.22. The molecule has 1 aromatic heterocycles. The molecule has 0 aliphatic rings. The average molecular weight is 327 g/mol. The number of rotatable bonds is 7. The first kappa shape index (κ1) is 17.4. The summed E-state index contributed by atoms with van der Waals surface area (Å²) in [5.74, 6) is 0.539. The molecule has 1 unspecified atom stereocenters. The third kappa shape index (κ3) is 4.76. The van der Waals surface area contributed by atoms with Crippen molar-refractivity contribution in [2.45, 2.75) is 26.7 Å². The summed E-state index contributed by atoms with van der Waals surface area (Å²) in [4.78, 5) is 7.61. The normalized spacial score (nSPS) is 12.0. The molecule has 1 heterocycles. The number of hydrogen-bond donors (Lipinski definition) is 1. The SMILES string of the molecule is CCN(CNC(=S)C(c1ccccn1)C(C)C)c1ccccc1. The van der Waals surface area contributed by atoms with Crippen LogP contribution in [-0.2, 0) is 0 Å². The number of aromatic nitrogens is 1. The van der Waals surface area contributed by atoms with E-state index >= 15 is 0 Å². The molecular formula is C19H25N3S. The number of hydrogen-bond acceptors (Lipinski definition) is 3. The molecule has 2 rings (SSSR count). The fourth-order valence-corrected chi connectivity index (χ4v) is 3.10. The van der Waals surface area contributed by atoms with E-state index < -0.39 is 0 Å². The second-order valence-corrected chi connectivity index (χ2v) is 6.31. The lowest BCUT2D eigenvalue weighted by atomic mass is 9.92. The highest BCUT2D eigenvalue weighted by atomic mass is 32.1. The molecule has 1 aromatic carbocycles. The average Bonchev–Trinajstić information content (AvgIpc) is 2.57. The van der Waals surface area contributed by atoms with Crippen LogP contribution in [0.4, 0.5) is 5.69 Å². The Morgan fingerprint density at radius 1 is 1.13 bits per heavy atom. The quantitative estimate of drug-likeness (QED) is 0.609. The van der Waals surface area contributed by atoms with E-state index in [0.717, 1.165) is 17.2 Å². The Balaban J connectivity index is 2.04. The number of pyridine rings is 1. The Kier molecular flexibility index (Phi) is 6.53. The Morgan fingerprint density at radius 3 is 2.39 bits per heavy atom. The lowest BCUT2D eigenvalue weighted by Gasteiger charge is -2.27. The van der Waals surface area contributed by atoms with Crippen LogP contribution in [0.2, 0.25) is 0 Å². The molecule has 1 atom stereocenters. The maximum atomic E-state index is 5.67. The predicted molar refractivity (Wildman–Crippen MR) is 102 cm³/mol. The standard InChI is InChI=1S/C19H25N3S/c1-4-22(16-10-6-5-7-11-16)14-21-19(23)18(15(2)3)17-12-8-9-13-20-17/h5-13,15,18H,4,14H2,1-3H3,(H,21,23). The van der Waals surface area contributed by atoms with Gasteiger partial charge in [0.25, 0.3) is 0 Å². The summed E-state index contributed by atoms with van der Waals surface area (Å²) in [5, 5.41) is 3.43. The molecule has 4 heteroatoms. The number of anilines is 1. The van der Waals surface area contributed by atoms with Crippen molar-refractivity contribution < 1.29 is 0 Å². The van der Waals surface area contributed by atoms with Crippen LogP contribution in [-0.4, -0.2) is 23.2 Å². The molecule has 0 fully saturated rings. The lowest BCUT2D eigenvalue weighted by molar-refractivity contribution is 0.581. The molecule has 0 saturated heterocycles. The fourth-order valence-electron chi connectivity index (χ4n) is 2.65. The van der Waals surface area contributed by atoms with E-state index in [-0.39, 0.29) is 5.92 Å². The van der Waals surface area contributed by atoms with Gasteiger partial charge in [0.2, 0.25) is 0 Å².